The van der Waals surface area contributed by atoms with Gasteiger partial charge in [-0.1, -0.05) is 0 Å². The van der Waals surface area contributed by atoms with Gasteiger partial charge < -0.3 is 14.0 Å². The zero-order valence-electron chi connectivity index (χ0n) is 13.5. The minimum absolute atomic E-state index is 0.263. The SMILES string of the molecule is COC1(COc2ccc(F)cc2)CCN(Cc2cn(C)cn2)C1. The van der Waals surface area contributed by atoms with Crippen LogP contribution in [0.25, 0.3) is 0 Å². The third-order valence-electron chi connectivity index (χ3n) is 4.29. The second-order valence-corrected chi connectivity index (χ2v) is 6.12. The second kappa shape index (κ2) is 6.68. The molecule has 5 nitrogen and oxygen atoms in total. The molecule has 6 heteroatoms. The van der Waals surface area contributed by atoms with Gasteiger partial charge in [0.2, 0.25) is 0 Å². The summed E-state index contributed by atoms with van der Waals surface area (Å²) in [6, 6.07) is 6.08. The third-order valence-corrected chi connectivity index (χ3v) is 4.29. The predicted molar refractivity (Wildman–Crippen MR) is 84.7 cm³/mol. The molecule has 2 heterocycles. The summed E-state index contributed by atoms with van der Waals surface area (Å²) in [5.41, 5.74) is 0.724. The van der Waals surface area contributed by atoms with E-state index >= 15 is 0 Å². The Morgan fingerprint density at radius 2 is 2.09 bits per heavy atom. The summed E-state index contributed by atoms with van der Waals surface area (Å²) in [6.07, 6.45) is 4.74. The summed E-state index contributed by atoms with van der Waals surface area (Å²) < 4.78 is 26.4. The van der Waals surface area contributed by atoms with Gasteiger partial charge in [0, 0.05) is 40.0 Å². The van der Waals surface area contributed by atoms with Crippen LogP contribution in [0.15, 0.2) is 36.8 Å². The van der Waals surface area contributed by atoms with Gasteiger partial charge in [0.25, 0.3) is 0 Å². The quantitative estimate of drug-likeness (QED) is 0.818. The molecule has 0 radical (unpaired) electrons. The van der Waals surface area contributed by atoms with Crippen molar-refractivity contribution in [2.24, 2.45) is 7.05 Å². The van der Waals surface area contributed by atoms with Crippen molar-refractivity contribution in [1.29, 1.82) is 0 Å². The maximum Gasteiger partial charge on any atom is 0.123 e. The van der Waals surface area contributed by atoms with Crippen LogP contribution >= 0.6 is 0 Å². The molecule has 2 aromatic rings. The average Bonchev–Trinajstić information content (AvgIpc) is 3.14. The lowest BCUT2D eigenvalue weighted by Crippen LogP contribution is -2.41. The zero-order valence-corrected chi connectivity index (χ0v) is 13.5. The van der Waals surface area contributed by atoms with Crippen LogP contribution in [0.5, 0.6) is 5.75 Å². The number of methoxy groups -OCH3 is 1. The summed E-state index contributed by atoms with van der Waals surface area (Å²) in [4.78, 5) is 6.69. The Morgan fingerprint density at radius 3 is 2.74 bits per heavy atom. The van der Waals surface area contributed by atoms with Crippen molar-refractivity contribution in [3.8, 4) is 5.75 Å². The molecular formula is C17H22FN3O2. The molecule has 0 N–H and O–H groups in total. The van der Waals surface area contributed by atoms with E-state index in [1.54, 1.807) is 19.2 Å². The van der Waals surface area contributed by atoms with Crippen molar-refractivity contribution >= 4 is 0 Å². The van der Waals surface area contributed by atoms with E-state index in [0.29, 0.717) is 12.4 Å². The number of hydrogen-bond acceptors (Lipinski definition) is 4. The van der Waals surface area contributed by atoms with E-state index in [1.807, 2.05) is 24.1 Å². The van der Waals surface area contributed by atoms with E-state index in [-0.39, 0.29) is 11.4 Å². The highest BCUT2D eigenvalue weighted by Gasteiger charge is 2.39. The van der Waals surface area contributed by atoms with Crippen LogP contribution in [-0.2, 0) is 18.3 Å². The number of halogens is 1. The number of nitrogens with zero attached hydrogens (tertiary/aromatic N) is 3. The van der Waals surface area contributed by atoms with E-state index in [1.165, 1.54) is 12.1 Å². The molecular weight excluding hydrogens is 297 g/mol. The summed E-state index contributed by atoms with van der Waals surface area (Å²) in [5, 5.41) is 0. The zero-order chi connectivity index (χ0) is 16.3. The van der Waals surface area contributed by atoms with Gasteiger partial charge in [0.05, 0.1) is 12.0 Å². The average molecular weight is 319 g/mol. The Hall–Kier alpha value is -1.92. The Labute approximate surface area is 135 Å². The topological polar surface area (TPSA) is 39.5 Å². The van der Waals surface area contributed by atoms with Crippen LogP contribution in [0.3, 0.4) is 0 Å². The predicted octanol–water partition coefficient (Wildman–Crippen LogP) is 2.23. The molecule has 1 aliphatic rings. The fourth-order valence-electron chi connectivity index (χ4n) is 2.93. The molecule has 1 saturated heterocycles. The van der Waals surface area contributed by atoms with Gasteiger partial charge in [-0.2, -0.15) is 0 Å². The molecule has 1 aromatic carbocycles. The summed E-state index contributed by atoms with van der Waals surface area (Å²) in [7, 11) is 3.69. The number of likely N-dealkylation sites (tertiary alicyclic amines) is 1. The van der Waals surface area contributed by atoms with Crippen LogP contribution < -0.4 is 4.74 Å². The smallest absolute Gasteiger partial charge is 0.123 e. The summed E-state index contributed by atoms with van der Waals surface area (Å²) >= 11 is 0. The van der Waals surface area contributed by atoms with Crippen LogP contribution in [0.1, 0.15) is 12.1 Å². The standard InChI is InChI=1S/C17H22FN3O2/c1-20-9-15(19-13-20)10-21-8-7-17(11-21,22-2)12-23-16-5-3-14(18)4-6-16/h3-6,9,13H,7-8,10-12H2,1-2H3. The maximum absolute atomic E-state index is 12.9. The van der Waals surface area contributed by atoms with E-state index in [2.05, 4.69) is 9.88 Å². The number of benzene rings is 1. The minimum atomic E-state index is -0.330. The normalized spacial score (nSPS) is 21.7. The first kappa shape index (κ1) is 16.0. The van der Waals surface area contributed by atoms with Crippen molar-refractivity contribution in [1.82, 2.24) is 14.5 Å². The molecule has 1 fully saturated rings. The van der Waals surface area contributed by atoms with Crippen molar-refractivity contribution in [2.75, 3.05) is 26.8 Å². The first-order chi connectivity index (χ1) is 11.1. The van der Waals surface area contributed by atoms with Crippen molar-refractivity contribution in [3.63, 3.8) is 0 Å². The van der Waals surface area contributed by atoms with Crippen molar-refractivity contribution in [2.45, 2.75) is 18.6 Å². The lowest BCUT2D eigenvalue weighted by Gasteiger charge is -2.28. The molecule has 23 heavy (non-hydrogen) atoms. The fraction of sp³-hybridized carbons (Fsp3) is 0.471. The number of ether oxygens (including phenoxy) is 2. The summed E-state index contributed by atoms with van der Waals surface area (Å²) in [5.74, 6) is 0.396. The highest BCUT2D eigenvalue weighted by molar-refractivity contribution is 5.22. The van der Waals surface area contributed by atoms with Gasteiger partial charge in [-0.25, -0.2) is 9.37 Å². The van der Waals surface area contributed by atoms with E-state index in [4.69, 9.17) is 9.47 Å². The largest absolute Gasteiger partial charge is 0.491 e. The van der Waals surface area contributed by atoms with Gasteiger partial charge in [0.15, 0.2) is 0 Å². The second-order valence-electron chi connectivity index (χ2n) is 6.12. The Bertz CT molecular complexity index is 644. The molecule has 1 atom stereocenters. The Balaban J connectivity index is 1.57. The van der Waals surface area contributed by atoms with Gasteiger partial charge in [-0.15, -0.1) is 0 Å². The van der Waals surface area contributed by atoms with Gasteiger partial charge in [-0.05, 0) is 30.7 Å². The number of rotatable bonds is 6. The minimum Gasteiger partial charge on any atom is -0.491 e. The molecule has 0 saturated carbocycles. The monoisotopic (exact) mass is 319 g/mol. The molecule has 0 aliphatic carbocycles. The van der Waals surface area contributed by atoms with Crippen LogP contribution in [0, 0.1) is 5.82 Å². The molecule has 0 spiro atoms. The van der Waals surface area contributed by atoms with Crippen LogP contribution in [-0.4, -0.2) is 46.9 Å². The molecule has 3 rings (SSSR count). The fourth-order valence-corrected chi connectivity index (χ4v) is 2.93. The van der Waals surface area contributed by atoms with Crippen LogP contribution in [0.4, 0.5) is 4.39 Å². The molecule has 0 amide bonds. The van der Waals surface area contributed by atoms with Gasteiger partial charge >= 0.3 is 0 Å². The van der Waals surface area contributed by atoms with E-state index in [0.717, 1.165) is 31.7 Å². The molecule has 1 aliphatic heterocycles. The summed E-state index contributed by atoms with van der Waals surface area (Å²) in [6.45, 7) is 2.99. The number of aryl methyl sites for hydroxylation is 1. The Kier molecular flexibility index (Phi) is 4.63. The highest BCUT2D eigenvalue weighted by atomic mass is 19.1. The number of aromatic nitrogens is 2. The lowest BCUT2D eigenvalue weighted by molar-refractivity contribution is -0.0360. The highest BCUT2D eigenvalue weighted by Crippen LogP contribution is 2.27. The first-order valence-electron chi connectivity index (χ1n) is 7.71. The third kappa shape index (κ3) is 3.89. The van der Waals surface area contributed by atoms with E-state index < -0.39 is 0 Å². The number of imidazole rings is 1. The van der Waals surface area contributed by atoms with Crippen LogP contribution in [0.2, 0.25) is 0 Å². The molecule has 124 valence electrons. The van der Waals surface area contributed by atoms with Gasteiger partial charge in [-0.3, -0.25) is 4.90 Å². The number of hydrogen-bond donors (Lipinski definition) is 0. The maximum atomic E-state index is 12.9. The van der Waals surface area contributed by atoms with E-state index in [9.17, 15) is 4.39 Å². The molecule has 0 bridgehead atoms. The molecule has 1 aromatic heterocycles. The molecule has 1 unspecified atom stereocenters. The first-order valence-corrected chi connectivity index (χ1v) is 7.71. The van der Waals surface area contributed by atoms with Gasteiger partial charge in [0.1, 0.15) is 23.8 Å². The van der Waals surface area contributed by atoms with Crippen molar-refractivity contribution in [3.05, 3.63) is 48.3 Å². The Morgan fingerprint density at radius 1 is 1.30 bits per heavy atom. The lowest BCUT2D eigenvalue weighted by atomic mass is 10.0. The van der Waals surface area contributed by atoms with Crippen molar-refractivity contribution < 1.29 is 13.9 Å².